The summed E-state index contributed by atoms with van der Waals surface area (Å²) in [4.78, 5) is 6.97. The van der Waals surface area contributed by atoms with Crippen molar-refractivity contribution in [3.8, 4) is 16.9 Å². The minimum Gasteiger partial charge on any atom is -0.491 e. The topological polar surface area (TPSA) is 62.9 Å². The highest BCUT2D eigenvalue weighted by Crippen LogP contribution is 2.29. The quantitative estimate of drug-likeness (QED) is 0.428. The highest BCUT2D eigenvalue weighted by Gasteiger charge is 2.22. The summed E-state index contributed by atoms with van der Waals surface area (Å²) in [5.74, 6) is 1.38. The Morgan fingerprint density at radius 1 is 1.19 bits per heavy atom. The molecule has 27 heavy (non-hydrogen) atoms. The van der Waals surface area contributed by atoms with Crippen LogP contribution in [0.15, 0.2) is 59.6 Å². The molecule has 3 N–H and O–H groups in total. The maximum absolute atomic E-state index is 6.00. The van der Waals surface area contributed by atoms with E-state index in [0.717, 1.165) is 30.0 Å². The van der Waals surface area contributed by atoms with Crippen molar-refractivity contribution in [2.75, 3.05) is 32.8 Å². The first kappa shape index (κ1) is 19.2. The monoisotopic (exact) mass is 366 g/mol. The molecule has 1 unspecified atom stereocenters. The van der Waals surface area contributed by atoms with Crippen molar-refractivity contribution in [3.05, 3.63) is 54.6 Å². The van der Waals surface area contributed by atoms with Crippen molar-refractivity contribution in [3.63, 3.8) is 0 Å². The number of hydrogen-bond acceptors (Lipinski definition) is 3. The number of nitrogens with one attached hydrogen (secondary N) is 1. The smallest absolute Gasteiger partial charge is 0.188 e. The van der Waals surface area contributed by atoms with Gasteiger partial charge in [0.2, 0.25) is 0 Å². The summed E-state index contributed by atoms with van der Waals surface area (Å²) < 4.78 is 5.97. The van der Waals surface area contributed by atoms with Gasteiger partial charge in [0.1, 0.15) is 12.4 Å². The molecule has 0 spiro atoms. The molecule has 1 atom stereocenters. The number of nitrogens with two attached hydrogens (primary N) is 1. The van der Waals surface area contributed by atoms with Crippen LogP contribution in [0.3, 0.4) is 0 Å². The van der Waals surface area contributed by atoms with Gasteiger partial charge in [0.25, 0.3) is 0 Å². The van der Waals surface area contributed by atoms with E-state index in [1.165, 1.54) is 19.4 Å². The Kier molecular flexibility index (Phi) is 7.11. The van der Waals surface area contributed by atoms with E-state index < -0.39 is 0 Å². The summed E-state index contributed by atoms with van der Waals surface area (Å²) in [6, 6.07) is 18.9. The van der Waals surface area contributed by atoms with Crippen LogP contribution in [0.5, 0.6) is 5.75 Å². The first-order chi connectivity index (χ1) is 13.3. The number of ether oxygens (including phenoxy) is 1. The largest absolute Gasteiger partial charge is 0.491 e. The molecule has 144 valence electrons. The number of likely N-dealkylation sites (tertiary alicyclic amines) is 1. The van der Waals surface area contributed by atoms with Gasteiger partial charge in [-0.05, 0) is 37.6 Å². The highest BCUT2D eigenvalue weighted by atomic mass is 16.5. The lowest BCUT2D eigenvalue weighted by Crippen LogP contribution is -2.37. The first-order valence-electron chi connectivity index (χ1n) is 9.83. The number of guanidine groups is 1. The van der Waals surface area contributed by atoms with E-state index in [1.807, 2.05) is 36.4 Å². The van der Waals surface area contributed by atoms with Crippen LogP contribution in [0.2, 0.25) is 0 Å². The summed E-state index contributed by atoms with van der Waals surface area (Å²) in [7, 11) is 0. The average molecular weight is 367 g/mol. The van der Waals surface area contributed by atoms with Crippen LogP contribution in [0.4, 0.5) is 0 Å². The van der Waals surface area contributed by atoms with Crippen LogP contribution in [0.1, 0.15) is 19.8 Å². The molecule has 1 saturated heterocycles. The van der Waals surface area contributed by atoms with Crippen molar-refractivity contribution in [2.24, 2.45) is 10.7 Å². The summed E-state index contributed by atoms with van der Waals surface area (Å²) in [5, 5.41) is 3.15. The Balaban J connectivity index is 1.46. The fourth-order valence-electron chi connectivity index (χ4n) is 3.57. The molecule has 5 nitrogen and oxygen atoms in total. The predicted molar refractivity (Wildman–Crippen MR) is 112 cm³/mol. The normalized spacial score (nSPS) is 17.8. The fourth-order valence-corrected chi connectivity index (χ4v) is 3.57. The van der Waals surface area contributed by atoms with E-state index in [4.69, 9.17) is 10.5 Å². The molecule has 2 aromatic rings. The minimum absolute atomic E-state index is 0.498. The maximum Gasteiger partial charge on any atom is 0.188 e. The molecule has 0 aromatic heterocycles. The Bertz CT molecular complexity index is 732. The molecule has 0 bridgehead atoms. The number of likely N-dealkylation sites (N-methyl/N-ethyl adjacent to an activating group) is 1. The van der Waals surface area contributed by atoms with Crippen LogP contribution in [-0.2, 0) is 0 Å². The lowest BCUT2D eigenvalue weighted by molar-refractivity contribution is 0.273. The van der Waals surface area contributed by atoms with E-state index in [2.05, 4.69) is 40.3 Å². The molecule has 0 saturated carbocycles. The molecule has 1 aliphatic heterocycles. The zero-order chi connectivity index (χ0) is 18.9. The van der Waals surface area contributed by atoms with Gasteiger partial charge >= 0.3 is 0 Å². The number of hydrogen-bond donors (Lipinski definition) is 2. The molecule has 0 amide bonds. The van der Waals surface area contributed by atoms with Crippen LogP contribution in [0, 0.1) is 0 Å². The minimum atomic E-state index is 0.498. The van der Waals surface area contributed by atoms with Crippen molar-refractivity contribution < 1.29 is 4.74 Å². The molecule has 3 rings (SSSR count). The van der Waals surface area contributed by atoms with Crippen molar-refractivity contribution in [1.29, 1.82) is 0 Å². The summed E-state index contributed by atoms with van der Waals surface area (Å²) in [6.07, 6.45) is 2.47. The fraction of sp³-hybridized carbons (Fsp3) is 0.409. The van der Waals surface area contributed by atoms with Gasteiger partial charge in [0, 0.05) is 11.6 Å². The van der Waals surface area contributed by atoms with E-state index >= 15 is 0 Å². The molecule has 0 aliphatic carbocycles. The SMILES string of the molecule is CCN1CCCC1CN=C(N)NCCOc1ccccc1-c1ccccc1. The van der Waals surface area contributed by atoms with Gasteiger partial charge in [-0.1, -0.05) is 55.5 Å². The third-order valence-electron chi connectivity index (χ3n) is 5.02. The lowest BCUT2D eigenvalue weighted by Gasteiger charge is -2.21. The second-order valence-corrected chi connectivity index (χ2v) is 6.79. The van der Waals surface area contributed by atoms with Gasteiger partial charge in [0.15, 0.2) is 5.96 Å². The maximum atomic E-state index is 6.00. The summed E-state index contributed by atoms with van der Waals surface area (Å²) >= 11 is 0. The highest BCUT2D eigenvalue weighted by molar-refractivity contribution is 5.77. The molecule has 2 aromatic carbocycles. The average Bonchev–Trinajstić information content (AvgIpc) is 3.18. The molecular weight excluding hydrogens is 336 g/mol. The number of nitrogens with zero attached hydrogens (tertiary/aromatic N) is 2. The van der Waals surface area contributed by atoms with E-state index in [9.17, 15) is 0 Å². The number of rotatable bonds is 8. The zero-order valence-corrected chi connectivity index (χ0v) is 16.1. The van der Waals surface area contributed by atoms with Crippen molar-refractivity contribution in [2.45, 2.75) is 25.8 Å². The van der Waals surface area contributed by atoms with Gasteiger partial charge in [-0.15, -0.1) is 0 Å². The third kappa shape index (κ3) is 5.47. The van der Waals surface area contributed by atoms with Crippen LogP contribution in [-0.4, -0.2) is 49.7 Å². The van der Waals surface area contributed by atoms with E-state index in [0.29, 0.717) is 25.2 Å². The van der Waals surface area contributed by atoms with Crippen LogP contribution >= 0.6 is 0 Å². The summed E-state index contributed by atoms with van der Waals surface area (Å²) in [5.41, 5.74) is 8.25. The Morgan fingerprint density at radius 3 is 2.78 bits per heavy atom. The number of aliphatic imine (C=N–C) groups is 1. The van der Waals surface area contributed by atoms with Crippen LogP contribution in [0.25, 0.3) is 11.1 Å². The Hall–Kier alpha value is -2.53. The number of benzene rings is 2. The zero-order valence-electron chi connectivity index (χ0n) is 16.1. The Labute approximate surface area is 162 Å². The van der Waals surface area contributed by atoms with E-state index in [1.54, 1.807) is 0 Å². The molecule has 1 fully saturated rings. The molecule has 1 heterocycles. The molecule has 1 aliphatic rings. The predicted octanol–water partition coefficient (Wildman–Crippen LogP) is 3.12. The first-order valence-corrected chi connectivity index (χ1v) is 9.83. The molecule has 0 radical (unpaired) electrons. The molecular formula is C22H30N4O. The van der Waals surface area contributed by atoms with Crippen LogP contribution < -0.4 is 15.8 Å². The summed E-state index contributed by atoms with van der Waals surface area (Å²) in [6.45, 7) is 6.39. The van der Waals surface area contributed by atoms with Gasteiger partial charge in [0.05, 0.1) is 13.1 Å². The van der Waals surface area contributed by atoms with Gasteiger partial charge in [-0.2, -0.15) is 0 Å². The van der Waals surface area contributed by atoms with Gasteiger partial charge in [-0.3, -0.25) is 9.89 Å². The number of para-hydroxylation sites is 1. The standard InChI is InChI=1S/C22H30N4O/c1-2-26-15-8-11-19(26)17-25-22(23)24-14-16-27-21-13-7-6-12-20(21)18-9-4-3-5-10-18/h3-7,9-10,12-13,19H,2,8,11,14-17H2,1H3,(H3,23,24,25). The Morgan fingerprint density at radius 2 is 1.96 bits per heavy atom. The van der Waals surface area contributed by atoms with Gasteiger partial charge in [-0.25, -0.2) is 0 Å². The second-order valence-electron chi connectivity index (χ2n) is 6.79. The third-order valence-corrected chi connectivity index (χ3v) is 5.02. The van der Waals surface area contributed by atoms with Crippen molar-refractivity contribution in [1.82, 2.24) is 10.2 Å². The van der Waals surface area contributed by atoms with Gasteiger partial charge < -0.3 is 15.8 Å². The van der Waals surface area contributed by atoms with Crippen molar-refractivity contribution >= 4 is 5.96 Å². The second kappa shape index (κ2) is 9.97. The van der Waals surface area contributed by atoms with E-state index in [-0.39, 0.29) is 0 Å². The molecule has 5 heteroatoms. The lowest BCUT2D eigenvalue weighted by atomic mass is 10.1.